The average molecular weight is 497 g/mol. The first-order valence-electron chi connectivity index (χ1n) is 12.8. The molecule has 0 radical (unpaired) electrons. The molecule has 1 atom stereocenters. The summed E-state index contributed by atoms with van der Waals surface area (Å²) in [6, 6.07) is 5.34. The van der Waals surface area contributed by atoms with Crippen molar-refractivity contribution in [3.05, 3.63) is 29.3 Å². The topological polar surface area (TPSA) is 108 Å². The van der Waals surface area contributed by atoms with E-state index < -0.39 is 6.04 Å². The molecular weight excluding hydrogens is 464 g/mol. The normalized spacial score (nSPS) is 26.0. The molecule has 0 bridgehead atoms. The van der Waals surface area contributed by atoms with Crippen LogP contribution in [0.1, 0.15) is 54.4 Å². The van der Waals surface area contributed by atoms with Gasteiger partial charge in [-0.25, -0.2) is 4.79 Å². The molecule has 1 unspecified atom stereocenters. The summed E-state index contributed by atoms with van der Waals surface area (Å²) in [5, 5.41) is 2.35. The van der Waals surface area contributed by atoms with Crippen LogP contribution in [0.15, 0.2) is 18.2 Å². The van der Waals surface area contributed by atoms with Gasteiger partial charge in [0.15, 0.2) is 0 Å². The Morgan fingerprint density at radius 2 is 1.81 bits per heavy atom. The molecule has 10 heteroatoms. The summed E-state index contributed by atoms with van der Waals surface area (Å²) in [7, 11) is 1.42. The Kier molecular flexibility index (Phi) is 5.66. The molecule has 3 saturated heterocycles. The minimum Gasteiger partial charge on any atom is -0.453 e. The van der Waals surface area contributed by atoms with Gasteiger partial charge in [0.1, 0.15) is 6.04 Å². The number of piperidine rings is 2. The van der Waals surface area contributed by atoms with Crippen molar-refractivity contribution in [2.24, 2.45) is 5.41 Å². The summed E-state index contributed by atoms with van der Waals surface area (Å²) in [4.78, 5) is 54.0. The van der Waals surface area contributed by atoms with Crippen molar-refractivity contribution in [2.75, 3.05) is 38.2 Å². The second-order valence-electron chi connectivity index (χ2n) is 10.9. The SMILES string of the molecule is COC(=O)N1CC2(CC(OC3CCN(c4ccc5c(c4)CN(C4CCC(=O)NC4=O)C5=O)CC3)C2)C1. The van der Waals surface area contributed by atoms with Gasteiger partial charge in [-0.1, -0.05) is 0 Å². The molecule has 0 aromatic heterocycles. The van der Waals surface area contributed by atoms with Crippen molar-refractivity contribution < 1.29 is 28.7 Å². The van der Waals surface area contributed by atoms with Gasteiger partial charge in [-0.05, 0) is 55.9 Å². The number of hydrogen-bond acceptors (Lipinski definition) is 7. The fraction of sp³-hybridized carbons (Fsp3) is 0.615. The molecule has 10 nitrogen and oxygen atoms in total. The minimum absolute atomic E-state index is 0.141. The lowest BCUT2D eigenvalue weighted by atomic mass is 9.62. The second kappa shape index (κ2) is 8.76. The van der Waals surface area contributed by atoms with Crippen LogP contribution in [-0.2, 0) is 25.6 Å². The molecule has 1 saturated carbocycles. The lowest BCUT2D eigenvalue weighted by Crippen LogP contribution is -2.65. The van der Waals surface area contributed by atoms with Crippen LogP contribution in [0.2, 0.25) is 0 Å². The number of amides is 4. The van der Waals surface area contributed by atoms with E-state index in [1.54, 1.807) is 9.80 Å². The molecule has 4 heterocycles. The van der Waals surface area contributed by atoms with Crippen molar-refractivity contribution in [1.29, 1.82) is 0 Å². The molecule has 1 spiro atoms. The Bertz CT molecular complexity index is 1100. The van der Waals surface area contributed by atoms with Crippen molar-refractivity contribution in [2.45, 2.75) is 63.3 Å². The standard InChI is InChI=1S/C26H32N4O6/c1-35-25(34)29-14-26(15-29)11-19(12-26)36-18-6-8-28(9-7-18)17-2-3-20-16(10-17)13-30(24(20)33)21-4-5-22(31)27-23(21)32/h2-3,10,18-19,21H,4-9,11-15H2,1H3,(H,27,31,32). The molecule has 5 aliphatic rings. The van der Waals surface area contributed by atoms with E-state index in [9.17, 15) is 19.2 Å². The number of imide groups is 1. The summed E-state index contributed by atoms with van der Waals surface area (Å²) in [5.41, 5.74) is 2.90. The zero-order chi connectivity index (χ0) is 25.0. The second-order valence-corrected chi connectivity index (χ2v) is 10.9. The summed E-state index contributed by atoms with van der Waals surface area (Å²) < 4.78 is 11.2. The molecule has 1 aromatic carbocycles. The quantitative estimate of drug-likeness (QED) is 0.632. The minimum atomic E-state index is -0.590. The molecule has 4 aliphatic heterocycles. The first-order valence-corrected chi connectivity index (χ1v) is 12.8. The van der Waals surface area contributed by atoms with E-state index >= 15 is 0 Å². The zero-order valence-electron chi connectivity index (χ0n) is 20.5. The van der Waals surface area contributed by atoms with Crippen molar-refractivity contribution in [1.82, 2.24) is 15.1 Å². The molecule has 1 N–H and O–H groups in total. The number of carbonyl (C=O) groups is 4. The Hall–Kier alpha value is -3.14. The van der Waals surface area contributed by atoms with Crippen LogP contribution in [0, 0.1) is 5.41 Å². The third kappa shape index (κ3) is 4.01. The monoisotopic (exact) mass is 496 g/mol. The van der Waals surface area contributed by atoms with Crippen molar-refractivity contribution in [3.8, 4) is 0 Å². The van der Waals surface area contributed by atoms with E-state index in [0.717, 1.165) is 63.1 Å². The number of carbonyl (C=O) groups excluding carboxylic acids is 4. The van der Waals surface area contributed by atoms with Crippen molar-refractivity contribution >= 4 is 29.5 Å². The molecule has 36 heavy (non-hydrogen) atoms. The van der Waals surface area contributed by atoms with Crippen LogP contribution in [0.3, 0.4) is 0 Å². The number of rotatable bonds is 4. The maximum atomic E-state index is 12.9. The summed E-state index contributed by atoms with van der Waals surface area (Å²) in [6.45, 7) is 3.73. The fourth-order valence-electron chi connectivity index (χ4n) is 6.56. The highest BCUT2D eigenvalue weighted by Gasteiger charge is 2.55. The largest absolute Gasteiger partial charge is 0.453 e. The number of hydrogen-bond donors (Lipinski definition) is 1. The van der Waals surface area contributed by atoms with Gasteiger partial charge in [-0.3, -0.25) is 19.7 Å². The maximum absolute atomic E-state index is 12.9. The van der Waals surface area contributed by atoms with Crippen LogP contribution >= 0.6 is 0 Å². The van der Waals surface area contributed by atoms with Crippen LogP contribution in [0.25, 0.3) is 0 Å². The van der Waals surface area contributed by atoms with Crippen molar-refractivity contribution in [3.63, 3.8) is 0 Å². The lowest BCUT2D eigenvalue weighted by molar-refractivity contribution is -0.164. The highest BCUT2D eigenvalue weighted by molar-refractivity contribution is 6.05. The van der Waals surface area contributed by atoms with Crippen LogP contribution in [0.5, 0.6) is 0 Å². The number of nitrogens with one attached hydrogen (secondary N) is 1. The van der Waals surface area contributed by atoms with E-state index in [0.29, 0.717) is 18.5 Å². The number of benzene rings is 1. The molecule has 4 amide bonds. The van der Waals surface area contributed by atoms with Gasteiger partial charge in [0.25, 0.3) is 5.91 Å². The Labute approximate surface area is 209 Å². The molecule has 6 rings (SSSR count). The highest BCUT2D eigenvalue weighted by atomic mass is 16.5. The molecule has 4 fully saturated rings. The smallest absolute Gasteiger partial charge is 0.409 e. The predicted octanol–water partition coefficient (Wildman–Crippen LogP) is 1.66. The van der Waals surface area contributed by atoms with E-state index in [1.165, 1.54) is 7.11 Å². The number of fused-ring (bicyclic) bond motifs is 1. The molecule has 1 aromatic rings. The van der Waals surface area contributed by atoms with Gasteiger partial charge in [-0.15, -0.1) is 0 Å². The summed E-state index contributed by atoms with van der Waals surface area (Å²) in [6.07, 6.45) is 4.86. The zero-order valence-corrected chi connectivity index (χ0v) is 20.5. The highest BCUT2D eigenvalue weighted by Crippen LogP contribution is 2.50. The number of methoxy groups -OCH3 is 1. The fourth-order valence-corrected chi connectivity index (χ4v) is 6.56. The number of likely N-dealkylation sites (tertiary alicyclic amines) is 1. The Balaban J connectivity index is 0.995. The molecular formula is C26H32N4O6. The van der Waals surface area contributed by atoms with Gasteiger partial charge < -0.3 is 24.2 Å². The first-order chi connectivity index (χ1) is 17.3. The average Bonchev–Trinajstić information content (AvgIpc) is 3.15. The Morgan fingerprint density at radius 1 is 1.06 bits per heavy atom. The van der Waals surface area contributed by atoms with E-state index in [2.05, 4.69) is 16.3 Å². The summed E-state index contributed by atoms with van der Waals surface area (Å²) >= 11 is 0. The van der Waals surface area contributed by atoms with Gasteiger partial charge >= 0.3 is 6.09 Å². The van der Waals surface area contributed by atoms with Gasteiger partial charge in [-0.2, -0.15) is 0 Å². The number of anilines is 1. The first kappa shape index (κ1) is 23.3. The molecule has 192 valence electrons. The number of ether oxygens (including phenoxy) is 2. The summed E-state index contributed by atoms with van der Waals surface area (Å²) in [5.74, 6) is -0.803. The van der Waals surface area contributed by atoms with Gasteiger partial charge in [0.05, 0.1) is 19.3 Å². The third-order valence-electron chi connectivity index (χ3n) is 8.51. The van der Waals surface area contributed by atoms with Gasteiger partial charge in [0.2, 0.25) is 11.8 Å². The lowest BCUT2D eigenvalue weighted by Gasteiger charge is -2.58. The number of nitrogens with zero attached hydrogens (tertiary/aromatic N) is 3. The molecule has 1 aliphatic carbocycles. The van der Waals surface area contributed by atoms with E-state index in [-0.39, 0.29) is 47.9 Å². The van der Waals surface area contributed by atoms with E-state index in [1.807, 2.05) is 12.1 Å². The maximum Gasteiger partial charge on any atom is 0.409 e. The van der Waals surface area contributed by atoms with Crippen LogP contribution in [0.4, 0.5) is 10.5 Å². The van der Waals surface area contributed by atoms with Gasteiger partial charge in [0, 0.05) is 55.8 Å². The van der Waals surface area contributed by atoms with Crippen LogP contribution in [-0.4, -0.2) is 85.2 Å². The Morgan fingerprint density at radius 3 is 2.50 bits per heavy atom. The van der Waals surface area contributed by atoms with Crippen LogP contribution < -0.4 is 10.2 Å². The predicted molar refractivity (Wildman–Crippen MR) is 128 cm³/mol. The third-order valence-corrected chi connectivity index (χ3v) is 8.51. The van der Waals surface area contributed by atoms with E-state index in [4.69, 9.17) is 9.47 Å².